The number of hydrogen-bond acceptors (Lipinski definition) is 4. The summed E-state index contributed by atoms with van der Waals surface area (Å²) in [5.41, 5.74) is 6.01. The van der Waals surface area contributed by atoms with E-state index in [0.717, 1.165) is 21.2 Å². The molecule has 19 heavy (non-hydrogen) atoms. The summed E-state index contributed by atoms with van der Waals surface area (Å²) in [5, 5.41) is 0. The zero-order valence-corrected chi connectivity index (χ0v) is 12.4. The lowest BCUT2D eigenvalue weighted by molar-refractivity contribution is 0.411. The number of methoxy groups -OCH3 is 1. The zero-order chi connectivity index (χ0) is 13.8. The third-order valence-electron chi connectivity index (χ3n) is 3.00. The zero-order valence-electron chi connectivity index (χ0n) is 10.9. The predicted octanol–water partition coefficient (Wildman–Crippen LogP) is 2.71. The first-order chi connectivity index (χ1) is 9.17. The van der Waals surface area contributed by atoms with Crippen LogP contribution in [0.2, 0.25) is 0 Å². The maximum Gasteiger partial charge on any atom is 0.137 e. The van der Waals surface area contributed by atoms with Gasteiger partial charge in [0.1, 0.15) is 5.75 Å². The van der Waals surface area contributed by atoms with Crippen molar-refractivity contribution in [1.29, 1.82) is 0 Å². The summed E-state index contributed by atoms with van der Waals surface area (Å²) < 4.78 is 6.24. The monoisotopic (exact) mass is 321 g/mol. The van der Waals surface area contributed by atoms with Crippen LogP contribution in [0.1, 0.15) is 22.7 Å². The summed E-state index contributed by atoms with van der Waals surface area (Å²) in [5.74, 6) is 6.42. The number of nitrogens with two attached hydrogens (primary N) is 1. The number of hydrazine groups is 1. The molecule has 0 radical (unpaired) electrons. The minimum Gasteiger partial charge on any atom is -0.495 e. The van der Waals surface area contributed by atoms with Gasteiger partial charge in [-0.05, 0) is 29.7 Å². The van der Waals surface area contributed by atoms with Gasteiger partial charge in [0, 0.05) is 10.7 Å². The third-order valence-corrected chi connectivity index (χ3v) is 4.09. The van der Waals surface area contributed by atoms with Crippen LogP contribution in [0.4, 0.5) is 0 Å². The van der Waals surface area contributed by atoms with E-state index < -0.39 is 0 Å². The smallest absolute Gasteiger partial charge is 0.137 e. The van der Waals surface area contributed by atoms with Crippen molar-refractivity contribution in [1.82, 2.24) is 10.4 Å². The Labute approximate surface area is 121 Å². The first-order valence-electron chi connectivity index (χ1n) is 5.87. The van der Waals surface area contributed by atoms with Crippen LogP contribution in [0, 0.1) is 6.92 Å². The van der Waals surface area contributed by atoms with Gasteiger partial charge in [-0.15, -0.1) is 0 Å². The summed E-state index contributed by atoms with van der Waals surface area (Å²) in [4.78, 5) is 4.17. The molecule has 1 atom stereocenters. The molecule has 0 saturated carbocycles. The van der Waals surface area contributed by atoms with Crippen LogP contribution >= 0.6 is 15.9 Å². The van der Waals surface area contributed by atoms with Crippen molar-refractivity contribution in [2.45, 2.75) is 13.0 Å². The van der Waals surface area contributed by atoms with Crippen LogP contribution in [-0.4, -0.2) is 12.1 Å². The van der Waals surface area contributed by atoms with Gasteiger partial charge in [-0.25, -0.2) is 5.43 Å². The van der Waals surface area contributed by atoms with Crippen LogP contribution in [0.25, 0.3) is 0 Å². The van der Waals surface area contributed by atoms with Gasteiger partial charge < -0.3 is 4.74 Å². The molecule has 0 spiro atoms. The number of halogens is 1. The van der Waals surface area contributed by atoms with Crippen LogP contribution in [0.3, 0.4) is 0 Å². The summed E-state index contributed by atoms with van der Waals surface area (Å²) in [6.45, 7) is 2.05. The largest absolute Gasteiger partial charge is 0.495 e. The van der Waals surface area contributed by atoms with Crippen molar-refractivity contribution in [2.75, 3.05) is 7.11 Å². The van der Waals surface area contributed by atoms with Gasteiger partial charge in [-0.2, -0.15) is 0 Å². The number of pyridine rings is 1. The summed E-state index contributed by atoms with van der Waals surface area (Å²) in [6.07, 6.45) is 3.45. The van der Waals surface area contributed by atoms with Gasteiger partial charge in [0.2, 0.25) is 0 Å². The van der Waals surface area contributed by atoms with E-state index in [0.29, 0.717) is 5.75 Å². The summed E-state index contributed by atoms with van der Waals surface area (Å²) in [7, 11) is 1.62. The number of aryl methyl sites for hydroxylation is 1. The topological polar surface area (TPSA) is 60.2 Å². The molecule has 0 aliphatic carbocycles. The predicted molar refractivity (Wildman–Crippen MR) is 78.8 cm³/mol. The van der Waals surface area contributed by atoms with Gasteiger partial charge in [0.25, 0.3) is 0 Å². The SMILES string of the molecule is COc1cncc(C(NN)c2cccc(C)c2Br)c1. The van der Waals surface area contributed by atoms with E-state index in [4.69, 9.17) is 10.6 Å². The molecule has 1 aromatic heterocycles. The van der Waals surface area contributed by atoms with E-state index >= 15 is 0 Å². The molecule has 2 rings (SSSR count). The van der Waals surface area contributed by atoms with Crippen molar-refractivity contribution < 1.29 is 4.74 Å². The molecule has 0 bridgehead atoms. The second-order valence-electron chi connectivity index (χ2n) is 4.24. The Morgan fingerprint density at radius 2 is 2.16 bits per heavy atom. The van der Waals surface area contributed by atoms with Crippen LogP contribution in [0.15, 0.2) is 41.1 Å². The molecular weight excluding hydrogens is 306 g/mol. The Morgan fingerprint density at radius 1 is 1.37 bits per heavy atom. The fourth-order valence-electron chi connectivity index (χ4n) is 1.96. The lowest BCUT2D eigenvalue weighted by atomic mass is 9.99. The molecule has 2 aromatic rings. The van der Waals surface area contributed by atoms with Gasteiger partial charge >= 0.3 is 0 Å². The van der Waals surface area contributed by atoms with Crippen LogP contribution in [0.5, 0.6) is 5.75 Å². The third kappa shape index (κ3) is 2.94. The van der Waals surface area contributed by atoms with Gasteiger partial charge in [-0.1, -0.05) is 34.1 Å². The van der Waals surface area contributed by atoms with Gasteiger partial charge in [-0.3, -0.25) is 10.8 Å². The number of nitrogens with zero attached hydrogens (tertiary/aromatic N) is 1. The number of benzene rings is 1. The number of nitrogens with one attached hydrogen (secondary N) is 1. The lowest BCUT2D eigenvalue weighted by Gasteiger charge is -2.19. The molecule has 0 fully saturated rings. The maximum absolute atomic E-state index is 5.71. The summed E-state index contributed by atoms with van der Waals surface area (Å²) in [6, 6.07) is 7.86. The standard InChI is InChI=1S/C14H16BrN3O/c1-9-4-3-5-12(13(9)15)14(18-16)10-6-11(19-2)8-17-7-10/h3-8,14,18H,16H2,1-2H3. The Hall–Kier alpha value is -1.43. The van der Waals surface area contributed by atoms with E-state index in [1.807, 2.05) is 31.2 Å². The van der Waals surface area contributed by atoms with E-state index in [1.165, 1.54) is 0 Å². The van der Waals surface area contributed by atoms with Crippen LogP contribution in [-0.2, 0) is 0 Å². The highest BCUT2D eigenvalue weighted by Gasteiger charge is 2.17. The molecule has 0 aliphatic heterocycles. The molecule has 1 unspecified atom stereocenters. The molecule has 0 saturated heterocycles. The van der Waals surface area contributed by atoms with E-state index in [9.17, 15) is 0 Å². The van der Waals surface area contributed by atoms with E-state index in [-0.39, 0.29) is 6.04 Å². The van der Waals surface area contributed by atoms with E-state index in [1.54, 1.807) is 19.5 Å². The normalized spacial score (nSPS) is 12.2. The second kappa shape index (κ2) is 6.14. The van der Waals surface area contributed by atoms with Crippen molar-refractivity contribution in [2.24, 2.45) is 5.84 Å². The quantitative estimate of drug-likeness (QED) is 0.671. The minimum atomic E-state index is -0.142. The number of rotatable bonds is 4. The molecule has 0 amide bonds. The number of ether oxygens (including phenoxy) is 1. The number of aromatic nitrogens is 1. The van der Waals surface area contributed by atoms with Crippen molar-refractivity contribution in [3.05, 3.63) is 57.8 Å². The van der Waals surface area contributed by atoms with Crippen molar-refractivity contribution in [3.8, 4) is 5.75 Å². The molecule has 1 aromatic carbocycles. The number of hydrogen-bond donors (Lipinski definition) is 2. The molecule has 100 valence electrons. The van der Waals surface area contributed by atoms with Gasteiger partial charge in [0.05, 0.1) is 19.3 Å². The molecule has 5 heteroatoms. The molecule has 0 aliphatic rings. The average Bonchev–Trinajstić information content (AvgIpc) is 2.44. The van der Waals surface area contributed by atoms with Crippen LogP contribution < -0.4 is 16.0 Å². The molecular formula is C14H16BrN3O. The highest BCUT2D eigenvalue weighted by molar-refractivity contribution is 9.10. The first-order valence-corrected chi connectivity index (χ1v) is 6.66. The Bertz CT molecular complexity index is 574. The Balaban J connectivity index is 2.46. The highest BCUT2D eigenvalue weighted by atomic mass is 79.9. The fourth-order valence-corrected chi connectivity index (χ4v) is 2.46. The molecule has 1 heterocycles. The molecule has 3 N–H and O–H groups in total. The first kappa shape index (κ1) is 14.0. The Kier molecular flexibility index (Phi) is 4.52. The Morgan fingerprint density at radius 3 is 2.84 bits per heavy atom. The highest BCUT2D eigenvalue weighted by Crippen LogP contribution is 2.31. The van der Waals surface area contributed by atoms with E-state index in [2.05, 4.69) is 26.3 Å². The van der Waals surface area contributed by atoms with Gasteiger partial charge in [0.15, 0.2) is 0 Å². The maximum atomic E-state index is 5.71. The minimum absolute atomic E-state index is 0.142. The lowest BCUT2D eigenvalue weighted by Crippen LogP contribution is -2.29. The summed E-state index contributed by atoms with van der Waals surface area (Å²) >= 11 is 3.61. The van der Waals surface area contributed by atoms with Crippen molar-refractivity contribution >= 4 is 15.9 Å². The average molecular weight is 322 g/mol. The molecule has 4 nitrogen and oxygen atoms in total. The fraction of sp³-hybridized carbons (Fsp3) is 0.214. The van der Waals surface area contributed by atoms with Crippen molar-refractivity contribution in [3.63, 3.8) is 0 Å². The second-order valence-corrected chi connectivity index (χ2v) is 5.03.